The van der Waals surface area contributed by atoms with Crippen LogP contribution in [0.4, 0.5) is 5.69 Å². The van der Waals surface area contributed by atoms with E-state index in [2.05, 4.69) is 5.32 Å². The topological polar surface area (TPSA) is 96.0 Å². The lowest BCUT2D eigenvalue weighted by molar-refractivity contribution is -0.385. The van der Waals surface area contributed by atoms with Crippen molar-refractivity contribution >= 4 is 11.6 Å². The number of aryl methyl sites for hydroxylation is 1. The SMILES string of the molecule is Cc1ccc([N+](=O)[O-])c(C(=O)NCCCC#N)c1. The van der Waals surface area contributed by atoms with E-state index in [1.807, 2.05) is 6.07 Å². The average molecular weight is 247 g/mol. The predicted molar refractivity (Wildman–Crippen MR) is 65.0 cm³/mol. The van der Waals surface area contributed by atoms with Crippen molar-refractivity contribution in [3.8, 4) is 6.07 Å². The maximum atomic E-state index is 11.8. The van der Waals surface area contributed by atoms with Crippen LogP contribution in [0, 0.1) is 28.4 Å². The summed E-state index contributed by atoms with van der Waals surface area (Å²) in [5.74, 6) is -0.483. The maximum absolute atomic E-state index is 11.8. The summed E-state index contributed by atoms with van der Waals surface area (Å²) in [7, 11) is 0. The zero-order valence-electron chi connectivity index (χ0n) is 9.97. The van der Waals surface area contributed by atoms with Crippen molar-refractivity contribution < 1.29 is 9.72 Å². The van der Waals surface area contributed by atoms with Gasteiger partial charge in [0.25, 0.3) is 11.6 Å². The molecule has 0 spiro atoms. The number of nitro groups is 1. The summed E-state index contributed by atoms with van der Waals surface area (Å²) in [5, 5.41) is 21.7. The smallest absolute Gasteiger partial charge is 0.282 e. The number of nitriles is 1. The van der Waals surface area contributed by atoms with Crippen LogP contribution in [0.15, 0.2) is 18.2 Å². The monoisotopic (exact) mass is 247 g/mol. The van der Waals surface area contributed by atoms with Gasteiger partial charge >= 0.3 is 0 Å². The van der Waals surface area contributed by atoms with Crippen LogP contribution >= 0.6 is 0 Å². The number of carbonyl (C=O) groups excluding carboxylic acids is 1. The Kier molecular flexibility index (Phi) is 4.81. The minimum Gasteiger partial charge on any atom is -0.352 e. The van der Waals surface area contributed by atoms with Crippen molar-refractivity contribution in [2.45, 2.75) is 19.8 Å². The Morgan fingerprint density at radius 1 is 1.56 bits per heavy atom. The molecule has 0 aliphatic rings. The summed E-state index contributed by atoms with van der Waals surface area (Å²) in [4.78, 5) is 22.0. The van der Waals surface area contributed by atoms with Crippen molar-refractivity contribution in [3.63, 3.8) is 0 Å². The van der Waals surface area contributed by atoms with Crippen LogP contribution in [0.1, 0.15) is 28.8 Å². The van der Waals surface area contributed by atoms with Crippen molar-refractivity contribution in [3.05, 3.63) is 39.4 Å². The summed E-state index contributed by atoms with van der Waals surface area (Å²) in [5.41, 5.74) is 0.623. The lowest BCUT2D eigenvalue weighted by Crippen LogP contribution is -2.25. The molecular weight excluding hydrogens is 234 g/mol. The van der Waals surface area contributed by atoms with E-state index in [-0.39, 0.29) is 11.3 Å². The highest BCUT2D eigenvalue weighted by Gasteiger charge is 2.19. The number of benzene rings is 1. The van der Waals surface area contributed by atoms with Gasteiger partial charge in [-0.15, -0.1) is 0 Å². The number of unbranched alkanes of at least 4 members (excludes halogenated alkanes) is 1. The molecular formula is C12H13N3O3. The van der Waals surface area contributed by atoms with Gasteiger partial charge in [-0.05, 0) is 25.0 Å². The zero-order chi connectivity index (χ0) is 13.5. The summed E-state index contributed by atoms with van der Waals surface area (Å²) in [6.07, 6.45) is 0.873. The van der Waals surface area contributed by atoms with E-state index < -0.39 is 10.8 Å². The molecule has 1 aromatic rings. The van der Waals surface area contributed by atoms with Gasteiger partial charge in [-0.25, -0.2) is 0 Å². The van der Waals surface area contributed by atoms with E-state index in [4.69, 9.17) is 5.26 Å². The molecule has 1 aromatic carbocycles. The summed E-state index contributed by atoms with van der Waals surface area (Å²) in [6, 6.07) is 6.35. The van der Waals surface area contributed by atoms with E-state index in [1.54, 1.807) is 13.0 Å². The van der Waals surface area contributed by atoms with Gasteiger partial charge in [-0.2, -0.15) is 5.26 Å². The lowest BCUT2D eigenvalue weighted by Gasteiger charge is -2.05. The third-order valence-electron chi connectivity index (χ3n) is 2.34. The molecule has 0 aromatic heterocycles. The lowest BCUT2D eigenvalue weighted by atomic mass is 10.1. The Morgan fingerprint density at radius 2 is 2.28 bits per heavy atom. The number of hydrogen-bond acceptors (Lipinski definition) is 4. The fraction of sp³-hybridized carbons (Fsp3) is 0.333. The first-order valence-electron chi connectivity index (χ1n) is 5.46. The first-order chi connectivity index (χ1) is 8.56. The molecule has 6 heteroatoms. The van der Waals surface area contributed by atoms with Crippen molar-refractivity contribution in [1.29, 1.82) is 5.26 Å². The Balaban J connectivity index is 2.81. The molecule has 0 atom stereocenters. The van der Waals surface area contributed by atoms with Crippen LogP contribution in [-0.4, -0.2) is 17.4 Å². The molecule has 0 saturated carbocycles. The second-order valence-corrected chi connectivity index (χ2v) is 3.80. The molecule has 1 rings (SSSR count). The van der Waals surface area contributed by atoms with Crippen LogP contribution in [0.25, 0.3) is 0 Å². The number of nitro benzene ring substituents is 1. The molecule has 18 heavy (non-hydrogen) atoms. The number of rotatable bonds is 5. The normalized spacial score (nSPS) is 9.56. The van der Waals surface area contributed by atoms with Crippen molar-refractivity contribution in [1.82, 2.24) is 5.32 Å². The summed E-state index contributed by atoms with van der Waals surface area (Å²) < 4.78 is 0. The number of carbonyl (C=O) groups is 1. The fourth-order valence-electron chi connectivity index (χ4n) is 1.46. The molecule has 0 unspecified atom stereocenters. The van der Waals surface area contributed by atoms with Gasteiger partial charge in [0.1, 0.15) is 5.56 Å². The molecule has 0 radical (unpaired) electrons. The molecule has 0 aliphatic carbocycles. The Hall–Kier alpha value is -2.42. The molecule has 94 valence electrons. The van der Waals surface area contributed by atoms with E-state index in [9.17, 15) is 14.9 Å². The van der Waals surface area contributed by atoms with E-state index in [1.165, 1.54) is 12.1 Å². The molecule has 0 saturated heterocycles. The van der Waals surface area contributed by atoms with E-state index in [0.717, 1.165) is 5.56 Å². The minimum absolute atomic E-state index is 0.0527. The highest BCUT2D eigenvalue weighted by atomic mass is 16.6. The van der Waals surface area contributed by atoms with Gasteiger partial charge in [0.2, 0.25) is 0 Å². The Morgan fingerprint density at radius 3 is 2.89 bits per heavy atom. The molecule has 6 nitrogen and oxygen atoms in total. The number of nitrogens with zero attached hydrogens (tertiary/aromatic N) is 2. The van der Waals surface area contributed by atoms with Gasteiger partial charge in [-0.1, -0.05) is 6.07 Å². The summed E-state index contributed by atoms with van der Waals surface area (Å²) in [6.45, 7) is 2.09. The van der Waals surface area contributed by atoms with Gasteiger partial charge in [0.05, 0.1) is 11.0 Å². The van der Waals surface area contributed by atoms with Gasteiger partial charge in [-0.3, -0.25) is 14.9 Å². The first kappa shape index (κ1) is 13.6. The quantitative estimate of drug-likeness (QED) is 0.488. The minimum atomic E-state index is -0.580. The molecule has 1 amide bonds. The predicted octanol–water partition coefficient (Wildman–Crippen LogP) is 1.94. The van der Waals surface area contributed by atoms with Crippen LogP contribution in [0.5, 0.6) is 0 Å². The molecule has 1 N–H and O–H groups in total. The van der Waals surface area contributed by atoms with E-state index in [0.29, 0.717) is 19.4 Å². The average Bonchev–Trinajstić information content (AvgIpc) is 2.34. The molecule has 0 fully saturated rings. The first-order valence-corrected chi connectivity index (χ1v) is 5.46. The van der Waals surface area contributed by atoms with Gasteiger partial charge in [0.15, 0.2) is 0 Å². The molecule has 0 bridgehead atoms. The second-order valence-electron chi connectivity index (χ2n) is 3.80. The second kappa shape index (κ2) is 6.35. The Labute approximate surface area is 104 Å². The number of hydrogen-bond donors (Lipinski definition) is 1. The molecule has 0 heterocycles. The van der Waals surface area contributed by atoms with Gasteiger partial charge < -0.3 is 5.32 Å². The number of nitrogens with one attached hydrogen (secondary N) is 1. The van der Waals surface area contributed by atoms with Crippen LogP contribution in [-0.2, 0) is 0 Å². The highest BCUT2D eigenvalue weighted by Crippen LogP contribution is 2.19. The largest absolute Gasteiger partial charge is 0.352 e. The van der Waals surface area contributed by atoms with Crippen molar-refractivity contribution in [2.24, 2.45) is 0 Å². The highest BCUT2D eigenvalue weighted by molar-refractivity contribution is 5.98. The van der Waals surface area contributed by atoms with Crippen molar-refractivity contribution in [2.75, 3.05) is 6.54 Å². The van der Waals surface area contributed by atoms with Crippen LogP contribution in [0.3, 0.4) is 0 Å². The summed E-state index contributed by atoms with van der Waals surface area (Å²) >= 11 is 0. The maximum Gasteiger partial charge on any atom is 0.282 e. The van der Waals surface area contributed by atoms with E-state index >= 15 is 0 Å². The van der Waals surface area contributed by atoms with Crippen LogP contribution < -0.4 is 5.32 Å². The number of amides is 1. The zero-order valence-corrected chi connectivity index (χ0v) is 9.97. The standard InChI is InChI=1S/C12H13N3O3/c1-9-4-5-11(15(17)18)10(8-9)12(16)14-7-3-2-6-13/h4-5,8H,2-3,7H2,1H3,(H,14,16). The van der Waals surface area contributed by atoms with Crippen LogP contribution in [0.2, 0.25) is 0 Å². The third-order valence-corrected chi connectivity index (χ3v) is 2.34. The van der Waals surface area contributed by atoms with Gasteiger partial charge in [0, 0.05) is 19.0 Å². The third kappa shape index (κ3) is 3.56. The Bertz CT molecular complexity index is 506. The fourth-order valence-corrected chi connectivity index (χ4v) is 1.46. The molecule has 0 aliphatic heterocycles.